The highest BCUT2D eigenvalue weighted by molar-refractivity contribution is 7.99. The van der Waals surface area contributed by atoms with E-state index in [1.54, 1.807) is 4.68 Å². The van der Waals surface area contributed by atoms with Crippen molar-refractivity contribution in [3.8, 4) is 5.69 Å². The number of nitrogens with zero attached hydrogens (tertiary/aromatic N) is 5. The van der Waals surface area contributed by atoms with Crippen molar-refractivity contribution in [2.75, 3.05) is 12.3 Å². The van der Waals surface area contributed by atoms with Crippen molar-refractivity contribution in [1.82, 2.24) is 25.1 Å². The van der Waals surface area contributed by atoms with Crippen molar-refractivity contribution in [2.24, 2.45) is 5.92 Å². The van der Waals surface area contributed by atoms with E-state index in [4.69, 9.17) is 0 Å². The second-order valence-electron chi connectivity index (χ2n) is 7.77. The fourth-order valence-electron chi connectivity index (χ4n) is 4.43. The monoisotopic (exact) mass is 385 g/mol. The molecular weight excluding hydrogens is 358 g/mol. The normalized spacial score (nSPS) is 22.5. The number of hydrogen-bond acceptors (Lipinski definition) is 5. The molecule has 144 valence electrons. The number of aromatic nitrogens is 4. The van der Waals surface area contributed by atoms with Crippen LogP contribution in [0.3, 0.4) is 0 Å². The lowest BCUT2D eigenvalue weighted by atomic mass is 9.78. The maximum Gasteiger partial charge on any atom is 0.233 e. The van der Waals surface area contributed by atoms with Crippen LogP contribution in [0.5, 0.6) is 0 Å². The van der Waals surface area contributed by atoms with Gasteiger partial charge in [0.1, 0.15) is 0 Å². The predicted octanol–water partition coefficient (Wildman–Crippen LogP) is 3.55. The zero-order chi connectivity index (χ0) is 18.8. The maximum absolute atomic E-state index is 12.9. The molecule has 1 aromatic heterocycles. The van der Waals surface area contributed by atoms with Crippen LogP contribution in [0.2, 0.25) is 0 Å². The third-order valence-corrected chi connectivity index (χ3v) is 6.97. The lowest BCUT2D eigenvalue weighted by molar-refractivity contribution is -0.134. The molecular formula is C20H27N5OS. The standard InChI is InChI=1S/C20H27N5OS/c1-14-9-10-17(12-15(14)2)25-20(21-22-23-25)27-13-19(26)24-11-5-7-16-6-3-4-8-18(16)24/h9-10,12,16,18H,3-8,11,13H2,1-2H3/t16-,18+/m1/s1. The van der Waals surface area contributed by atoms with E-state index >= 15 is 0 Å². The molecule has 1 aliphatic heterocycles. The first-order valence-electron chi connectivity index (χ1n) is 9.92. The highest BCUT2D eigenvalue weighted by Gasteiger charge is 2.35. The minimum Gasteiger partial charge on any atom is -0.339 e. The van der Waals surface area contributed by atoms with Gasteiger partial charge < -0.3 is 4.90 Å². The van der Waals surface area contributed by atoms with E-state index in [2.05, 4.69) is 46.4 Å². The number of rotatable bonds is 4. The Bertz CT molecular complexity index is 818. The quantitative estimate of drug-likeness (QED) is 0.753. The molecule has 0 radical (unpaired) electrons. The first-order chi connectivity index (χ1) is 13.1. The highest BCUT2D eigenvalue weighted by Crippen LogP contribution is 2.35. The molecule has 1 saturated carbocycles. The first kappa shape index (κ1) is 18.5. The molecule has 1 saturated heterocycles. The molecule has 0 N–H and O–H groups in total. The maximum atomic E-state index is 12.9. The van der Waals surface area contributed by atoms with Gasteiger partial charge in [-0.1, -0.05) is 30.7 Å². The van der Waals surface area contributed by atoms with Crippen LogP contribution in [-0.2, 0) is 4.79 Å². The molecule has 7 heteroatoms. The molecule has 0 bridgehead atoms. The molecule has 2 atom stereocenters. The van der Waals surface area contributed by atoms with E-state index in [9.17, 15) is 4.79 Å². The van der Waals surface area contributed by atoms with Crippen molar-refractivity contribution in [2.45, 2.75) is 63.6 Å². The van der Waals surface area contributed by atoms with Gasteiger partial charge in [0.15, 0.2) is 0 Å². The number of thioether (sulfide) groups is 1. The molecule has 2 aromatic rings. The van der Waals surface area contributed by atoms with Gasteiger partial charge in [0.2, 0.25) is 11.1 Å². The van der Waals surface area contributed by atoms with Gasteiger partial charge in [0.05, 0.1) is 11.4 Å². The van der Waals surface area contributed by atoms with E-state index in [-0.39, 0.29) is 5.91 Å². The number of hydrogen-bond donors (Lipinski definition) is 0. The van der Waals surface area contributed by atoms with Crippen molar-refractivity contribution >= 4 is 17.7 Å². The van der Waals surface area contributed by atoms with Crippen molar-refractivity contribution in [3.63, 3.8) is 0 Å². The van der Waals surface area contributed by atoms with Gasteiger partial charge in [-0.25, -0.2) is 0 Å². The van der Waals surface area contributed by atoms with Gasteiger partial charge in [-0.05, 0) is 79.1 Å². The molecule has 1 aliphatic carbocycles. The summed E-state index contributed by atoms with van der Waals surface area (Å²) in [6.45, 7) is 5.07. The van der Waals surface area contributed by atoms with Gasteiger partial charge >= 0.3 is 0 Å². The van der Waals surface area contributed by atoms with Crippen molar-refractivity contribution in [1.29, 1.82) is 0 Å². The largest absolute Gasteiger partial charge is 0.339 e. The van der Waals surface area contributed by atoms with Crippen LogP contribution in [0.25, 0.3) is 5.69 Å². The zero-order valence-electron chi connectivity index (χ0n) is 16.1. The zero-order valence-corrected chi connectivity index (χ0v) is 16.9. The highest BCUT2D eigenvalue weighted by atomic mass is 32.2. The number of carbonyl (C=O) groups excluding carboxylic acids is 1. The summed E-state index contributed by atoms with van der Waals surface area (Å²) >= 11 is 1.44. The molecule has 0 spiro atoms. The minimum absolute atomic E-state index is 0.228. The summed E-state index contributed by atoms with van der Waals surface area (Å²) in [5.41, 5.74) is 3.37. The lowest BCUT2D eigenvalue weighted by Crippen LogP contribution is -2.50. The third kappa shape index (κ3) is 3.88. The topological polar surface area (TPSA) is 63.9 Å². The fraction of sp³-hybridized carbons (Fsp3) is 0.600. The number of fused-ring (bicyclic) bond motifs is 1. The Labute approximate surface area is 164 Å². The first-order valence-corrected chi connectivity index (χ1v) is 10.9. The van der Waals surface area contributed by atoms with E-state index in [1.165, 1.54) is 55.0 Å². The van der Waals surface area contributed by atoms with E-state index in [1.807, 2.05) is 6.07 Å². The Kier molecular flexibility index (Phi) is 5.48. The Morgan fingerprint density at radius 1 is 1.15 bits per heavy atom. The number of likely N-dealkylation sites (tertiary alicyclic amines) is 1. The summed E-state index contributed by atoms with van der Waals surface area (Å²) in [5.74, 6) is 1.34. The van der Waals surface area contributed by atoms with Gasteiger partial charge in [-0.2, -0.15) is 4.68 Å². The Balaban J connectivity index is 1.44. The molecule has 1 amide bonds. The van der Waals surface area contributed by atoms with Gasteiger partial charge in [-0.15, -0.1) is 5.10 Å². The number of tetrazole rings is 1. The molecule has 2 heterocycles. The second kappa shape index (κ2) is 8.00. The van der Waals surface area contributed by atoms with Crippen molar-refractivity contribution in [3.05, 3.63) is 29.3 Å². The van der Waals surface area contributed by atoms with Gasteiger partial charge in [0, 0.05) is 12.6 Å². The average molecular weight is 386 g/mol. The van der Waals surface area contributed by atoms with Crippen molar-refractivity contribution < 1.29 is 4.79 Å². The van der Waals surface area contributed by atoms with E-state index in [0.29, 0.717) is 22.9 Å². The number of amides is 1. The van der Waals surface area contributed by atoms with Crippen LogP contribution < -0.4 is 0 Å². The summed E-state index contributed by atoms with van der Waals surface area (Å²) in [7, 11) is 0. The third-order valence-electron chi connectivity index (χ3n) is 6.06. The molecule has 6 nitrogen and oxygen atoms in total. The SMILES string of the molecule is Cc1ccc(-n2nnnc2SCC(=O)N2CCC[C@H]3CCCC[C@@H]32)cc1C. The predicted molar refractivity (Wildman–Crippen MR) is 106 cm³/mol. The van der Waals surface area contributed by atoms with Crippen LogP contribution in [0.15, 0.2) is 23.4 Å². The Morgan fingerprint density at radius 3 is 2.81 bits per heavy atom. The lowest BCUT2D eigenvalue weighted by Gasteiger charge is -2.44. The van der Waals surface area contributed by atoms with Crippen LogP contribution >= 0.6 is 11.8 Å². The molecule has 2 aliphatic rings. The summed E-state index contributed by atoms with van der Waals surface area (Å²) < 4.78 is 1.73. The molecule has 4 rings (SSSR count). The number of piperidine rings is 1. The van der Waals surface area contributed by atoms with Crippen LogP contribution in [-0.4, -0.2) is 49.4 Å². The van der Waals surface area contributed by atoms with E-state index < -0.39 is 0 Å². The summed E-state index contributed by atoms with van der Waals surface area (Å²) in [6, 6.07) is 6.62. The fourth-order valence-corrected chi connectivity index (χ4v) is 5.21. The number of benzene rings is 1. The number of carbonyl (C=O) groups is 1. The van der Waals surface area contributed by atoms with Crippen LogP contribution in [0.1, 0.15) is 49.7 Å². The van der Waals surface area contributed by atoms with Crippen LogP contribution in [0.4, 0.5) is 0 Å². The molecule has 1 aromatic carbocycles. The average Bonchev–Trinajstić information content (AvgIpc) is 3.16. The van der Waals surface area contributed by atoms with Crippen LogP contribution in [0, 0.1) is 19.8 Å². The summed E-state index contributed by atoms with van der Waals surface area (Å²) in [6.07, 6.45) is 7.45. The smallest absolute Gasteiger partial charge is 0.233 e. The van der Waals surface area contributed by atoms with E-state index in [0.717, 1.165) is 18.7 Å². The Morgan fingerprint density at radius 2 is 1.96 bits per heavy atom. The molecule has 0 unspecified atom stereocenters. The minimum atomic E-state index is 0.228. The van der Waals surface area contributed by atoms with Gasteiger partial charge in [0.25, 0.3) is 0 Å². The second-order valence-corrected chi connectivity index (χ2v) is 8.71. The Hall–Kier alpha value is -1.89. The molecule has 27 heavy (non-hydrogen) atoms. The number of aryl methyl sites for hydroxylation is 2. The molecule has 2 fully saturated rings. The summed E-state index contributed by atoms with van der Waals surface area (Å²) in [4.78, 5) is 15.1. The summed E-state index contributed by atoms with van der Waals surface area (Å²) in [5, 5.41) is 12.8. The van der Waals surface area contributed by atoms with Gasteiger partial charge in [-0.3, -0.25) is 4.79 Å².